The summed E-state index contributed by atoms with van der Waals surface area (Å²) in [5, 5.41) is 29.0. The molecule has 2 N–H and O–H groups in total. The molecule has 0 heterocycles. The molecule has 2 aromatic carbocycles. The van der Waals surface area contributed by atoms with Crippen molar-refractivity contribution in [1.82, 2.24) is 4.31 Å². The maximum Gasteiger partial charge on any atom is 0.335 e. The van der Waals surface area contributed by atoms with Crippen molar-refractivity contribution in [3.63, 3.8) is 0 Å². The summed E-state index contributed by atoms with van der Waals surface area (Å²) in [6, 6.07) is 7.98. The highest BCUT2D eigenvalue weighted by atomic mass is 32.2. The Hall–Kier alpha value is -3.31. The monoisotopic (exact) mass is 408 g/mol. The van der Waals surface area contributed by atoms with E-state index in [9.17, 15) is 33.2 Å². The van der Waals surface area contributed by atoms with Crippen LogP contribution in [-0.4, -0.2) is 45.8 Å². The highest BCUT2D eigenvalue weighted by Crippen LogP contribution is 2.23. The van der Waals surface area contributed by atoms with Crippen molar-refractivity contribution in [3.8, 4) is 0 Å². The summed E-state index contributed by atoms with van der Waals surface area (Å²) in [5.74, 6) is -2.61. The van der Waals surface area contributed by atoms with Crippen LogP contribution in [0.2, 0.25) is 0 Å². The van der Waals surface area contributed by atoms with Gasteiger partial charge in [0.25, 0.3) is 5.69 Å². The first kappa shape index (κ1) is 21.0. The molecule has 10 nitrogen and oxygen atoms in total. The second-order valence-electron chi connectivity index (χ2n) is 5.82. The quantitative estimate of drug-likeness (QED) is 0.496. The van der Waals surface area contributed by atoms with Gasteiger partial charge in [0.2, 0.25) is 10.0 Å². The van der Waals surface area contributed by atoms with Crippen molar-refractivity contribution in [2.75, 3.05) is 0 Å². The summed E-state index contributed by atoms with van der Waals surface area (Å²) in [5.41, 5.74) is 0.0466. The molecule has 1 atom stereocenters. The van der Waals surface area contributed by atoms with E-state index in [-0.39, 0.29) is 22.7 Å². The third-order valence-electron chi connectivity index (χ3n) is 3.98. The first-order valence-corrected chi connectivity index (χ1v) is 9.29. The lowest BCUT2D eigenvalue weighted by Gasteiger charge is -2.26. The van der Waals surface area contributed by atoms with Gasteiger partial charge in [0, 0.05) is 18.7 Å². The standard InChI is InChI=1S/C17H16N2O8S/c1-11(16(20)21)18(10-12-2-6-14(7-3-12)19(24)25)28(26,27)15-8-4-13(5-9-15)17(22)23/h2-9,11H,10H2,1H3,(H,20,21)(H,22,23)/t11-/m0/s1. The number of rotatable bonds is 8. The smallest absolute Gasteiger partial charge is 0.335 e. The van der Waals surface area contributed by atoms with Crippen LogP contribution in [0.3, 0.4) is 0 Å². The molecule has 2 aromatic rings. The maximum absolute atomic E-state index is 12.9. The lowest BCUT2D eigenvalue weighted by molar-refractivity contribution is -0.384. The molecule has 0 aliphatic rings. The van der Waals surface area contributed by atoms with E-state index in [1.807, 2.05) is 0 Å². The molecule has 0 unspecified atom stereocenters. The molecule has 0 aliphatic carbocycles. The number of non-ortho nitro benzene ring substituents is 1. The number of carboxylic acids is 2. The van der Waals surface area contributed by atoms with Crippen LogP contribution in [0.4, 0.5) is 5.69 Å². The predicted octanol–water partition coefficient (Wildman–Crippen LogP) is 1.96. The average molecular weight is 408 g/mol. The molecule has 11 heteroatoms. The third kappa shape index (κ3) is 4.50. The first-order valence-electron chi connectivity index (χ1n) is 7.85. The van der Waals surface area contributed by atoms with Crippen molar-refractivity contribution in [2.24, 2.45) is 0 Å². The van der Waals surface area contributed by atoms with Crippen LogP contribution in [0.25, 0.3) is 0 Å². The van der Waals surface area contributed by atoms with Gasteiger partial charge in [-0.05, 0) is 36.8 Å². The van der Waals surface area contributed by atoms with E-state index in [1.54, 1.807) is 0 Å². The first-order chi connectivity index (χ1) is 13.0. The maximum atomic E-state index is 12.9. The van der Waals surface area contributed by atoms with Gasteiger partial charge in [-0.3, -0.25) is 14.9 Å². The molecular weight excluding hydrogens is 392 g/mol. The van der Waals surface area contributed by atoms with Gasteiger partial charge in [-0.25, -0.2) is 13.2 Å². The number of benzene rings is 2. The highest BCUT2D eigenvalue weighted by molar-refractivity contribution is 7.89. The van der Waals surface area contributed by atoms with Gasteiger partial charge in [-0.15, -0.1) is 0 Å². The number of hydrogen-bond donors (Lipinski definition) is 2. The molecule has 28 heavy (non-hydrogen) atoms. The molecule has 0 bridgehead atoms. The Morgan fingerprint density at radius 1 is 1.07 bits per heavy atom. The fourth-order valence-electron chi connectivity index (χ4n) is 2.36. The molecule has 0 saturated carbocycles. The van der Waals surface area contributed by atoms with Gasteiger partial charge >= 0.3 is 11.9 Å². The third-order valence-corrected chi connectivity index (χ3v) is 5.91. The zero-order chi connectivity index (χ0) is 21.1. The van der Waals surface area contributed by atoms with Gasteiger partial charge in [-0.1, -0.05) is 12.1 Å². The van der Waals surface area contributed by atoms with E-state index < -0.39 is 32.9 Å². The lowest BCUT2D eigenvalue weighted by Crippen LogP contribution is -2.42. The minimum absolute atomic E-state index is 0.118. The van der Waals surface area contributed by atoms with Crippen LogP contribution < -0.4 is 0 Å². The Morgan fingerprint density at radius 2 is 1.61 bits per heavy atom. The summed E-state index contributed by atoms with van der Waals surface area (Å²) >= 11 is 0. The summed E-state index contributed by atoms with van der Waals surface area (Å²) in [7, 11) is -4.29. The molecule has 0 fully saturated rings. The van der Waals surface area contributed by atoms with E-state index >= 15 is 0 Å². The molecule has 2 rings (SSSR count). The Labute approximate surface area is 159 Å². The average Bonchev–Trinajstić information content (AvgIpc) is 2.65. The topological polar surface area (TPSA) is 155 Å². The molecule has 0 spiro atoms. The molecule has 148 valence electrons. The van der Waals surface area contributed by atoms with Gasteiger partial charge in [0.15, 0.2) is 0 Å². The number of nitro benzene ring substituents is 1. The van der Waals surface area contributed by atoms with Gasteiger partial charge in [-0.2, -0.15) is 4.31 Å². The van der Waals surface area contributed by atoms with Crippen LogP contribution in [0.5, 0.6) is 0 Å². The Balaban J connectivity index is 2.42. The second-order valence-corrected chi connectivity index (χ2v) is 7.71. The number of carbonyl (C=O) groups is 2. The summed E-state index contributed by atoms with van der Waals surface area (Å²) in [6.45, 7) is 0.853. The number of aromatic carboxylic acids is 1. The van der Waals surface area contributed by atoms with Crippen LogP contribution in [-0.2, 0) is 21.4 Å². The van der Waals surface area contributed by atoms with Gasteiger partial charge in [0.05, 0.1) is 15.4 Å². The number of carboxylic acid groups (broad SMARTS) is 2. The Morgan fingerprint density at radius 3 is 2.04 bits per heavy atom. The normalized spacial score (nSPS) is 12.5. The van der Waals surface area contributed by atoms with Crippen molar-refractivity contribution in [1.29, 1.82) is 0 Å². The van der Waals surface area contributed by atoms with Crippen molar-refractivity contribution in [3.05, 3.63) is 69.8 Å². The molecule has 0 aliphatic heterocycles. The van der Waals surface area contributed by atoms with Crippen LogP contribution >= 0.6 is 0 Å². The summed E-state index contributed by atoms with van der Waals surface area (Å²) in [4.78, 5) is 32.2. The molecule has 0 saturated heterocycles. The Kier molecular flexibility index (Phi) is 6.11. The fourth-order valence-corrected chi connectivity index (χ4v) is 3.94. The predicted molar refractivity (Wildman–Crippen MR) is 96.3 cm³/mol. The van der Waals surface area contributed by atoms with E-state index in [0.717, 1.165) is 28.6 Å². The number of nitro groups is 1. The molecule has 0 aromatic heterocycles. The SMILES string of the molecule is C[C@@H](C(=O)O)N(Cc1ccc([N+](=O)[O-])cc1)S(=O)(=O)c1ccc(C(=O)O)cc1. The van der Waals surface area contributed by atoms with Crippen molar-refractivity contribution in [2.45, 2.75) is 24.4 Å². The number of hydrogen-bond acceptors (Lipinski definition) is 6. The minimum atomic E-state index is -4.29. The van der Waals surface area contributed by atoms with E-state index in [4.69, 9.17) is 5.11 Å². The second kappa shape index (κ2) is 8.15. The number of nitrogens with zero attached hydrogens (tertiary/aromatic N) is 2. The minimum Gasteiger partial charge on any atom is -0.480 e. The molecular formula is C17H16N2O8S. The zero-order valence-electron chi connectivity index (χ0n) is 14.5. The Bertz CT molecular complexity index is 1000. The highest BCUT2D eigenvalue weighted by Gasteiger charge is 2.33. The van der Waals surface area contributed by atoms with Gasteiger partial charge in [0.1, 0.15) is 6.04 Å². The zero-order valence-corrected chi connectivity index (χ0v) is 15.4. The van der Waals surface area contributed by atoms with Crippen LogP contribution in [0, 0.1) is 10.1 Å². The van der Waals surface area contributed by atoms with Crippen LogP contribution in [0.1, 0.15) is 22.8 Å². The fraction of sp³-hybridized carbons (Fsp3) is 0.176. The summed E-state index contributed by atoms with van der Waals surface area (Å²) < 4.78 is 26.6. The summed E-state index contributed by atoms with van der Waals surface area (Å²) in [6.07, 6.45) is 0. The molecule has 0 radical (unpaired) electrons. The van der Waals surface area contributed by atoms with E-state index in [0.29, 0.717) is 5.56 Å². The van der Waals surface area contributed by atoms with Gasteiger partial charge < -0.3 is 10.2 Å². The van der Waals surface area contributed by atoms with Crippen LogP contribution in [0.15, 0.2) is 53.4 Å². The van der Waals surface area contributed by atoms with Crippen molar-refractivity contribution < 1.29 is 33.1 Å². The van der Waals surface area contributed by atoms with Crippen molar-refractivity contribution >= 4 is 27.6 Å². The van der Waals surface area contributed by atoms with E-state index in [2.05, 4.69) is 0 Å². The number of aliphatic carboxylic acids is 1. The molecule has 0 amide bonds. The number of sulfonamides is 1. The largest absolute Gasteiger partial charge is 0.480 e. The van der Waals surface area contributed by atoms with E-state index in [1.165, 1.54) is 31.2 Å². The lowest BCUT2D eigenvalue weighted by atomic mass is 10.2.